The van der Waals surface area contributed by atoms with E-state index in [0.29, 0.717) is 17.6 Å². The third kappa shape index (κ3) is 2.44. The van der Waals surface area contributed by atoms with Crippen LogP contribution in [0.5, 0.6) is 5.75 Å². The summed E-state index contributed by atoms with van der Waals surface area (Å²) in [5.74, 6) is 2.90. The monoisotopic (exact) mass is 378 g/mol. The van der Waals surface area contributed by atoms with Crippen LogP contribution in [-0.4, -0.2) is 14.7 Å². The summed E-state index contributed by atoms with van der Waals surface area (Å²) in [7, 11) is 0. The van der Waals surface area contributed by atoms with Crippen LogP contribution in [0.15, 0.2) is 24.3 Å². The van der Waals surface area contributed by atoms with E-state index in [1.54, 1.807) is 0 Å². The van der Waals surface area contributed by atoms with E-state index < -0.39 is 0 Å². The average Bonchev–Trinajstić information content (AvgIpc) is 3.21. The molecule has 1 aromatic carbocycles. The molecule has 4 atom stereocenters. The number of aryl methyl sites for hydroxylation is 2. The van der Waals surface area contributed by atoms with E-state index in [1.807, 2.05) is 12.1 Å². The molecule has 3 nitrogen and oxygen atoms in total. The highest BCUT2D eigenvalue weighted by Crippen LogP contribution is 2.62. The summed E-state index contributed by atoms with van der Waals surface area (Å²) >= 11 is 0. The number of fused-ring (bicyclic) bond motifs is 4. The van der Waals surface area contributed by atoms with Crippen LogP contribution in [-0.2, 0) is 19.4 Å². The fraction of sp³-hybridized carbons (Fsp3) is 0.640. The van der Waals surface area contributed by atoms with Crippen LogP contribution in [0, 0.1) is 22.7 Å². The van der Waals surface area contributed by atoms with Crippen molar-refractivity contribution in [3.8, 4) is 5.75 Å². The lowest BCUT2D eigenvalue weighted by Crippen LogP contribution is -2.51. The zero-order chi connectivity index (χ0) is 19.7. The third-order valence-electron chi connectivity index (χ3n) is 8.90. The van der Waals surface area contributed by atoms with Crippen LogP contribution in [0.1, 0.15) is 70.7 Å². The number of benzene rings is 1. The molecule has 0 unspecified atom stereocenters. The van der Waals surface area contributed by atoms with Crippen LogP contribution in [0.3, 0.4) is 0 Å². The maximum Gasteiger partial charge on any atom is 0.118 e. The quantitative estimate of drug-likeness (QED) is 0.648. The molecule has 2 aromatic rings. The summed E-state index contributed by atoms with van der Waals surface area (Å²) in [4.78, 5) is 4.85. The number of nitrogens with zero attached hydrogens (tertiary/aromatic N) is 2. The zero-order valence-corrected chi connectivity index (χ0v) is 17.7. The second kappa shape index (κ2) is 6.11. The Balaban J connectivity index is 1.62. The number of allylic oxidation sites excluding steroid dienone is 1. The summed E-state index contributed by atoms with van der Waals surface area (Å²) in [6, 6.07) is 3.88. The Kier molecular flexibility index (Phi) is 3.99. The van der Waals surface area contributed by atoms with E-state index in [1.165, 1.54) is 61.0 Å². The van der Waals surface area contributed by atoms with Crippen molar-refractivity contribution in [1.82, 2.24) is 9.55 Å². The van der Waals surface area contributed by atoms with Gasteiger partial charge in [0.2, 0.25) is 0 Å². The summed E-state index contributed by atoms with van der Waals surface area (Å²) in [6.07, 6.45) is 9.61. The van der Waals surface area contributed by atoms with Crippen molar-refractivity contribution >= 4 is 11.0 Å². The van der Waals surface area contributed by atoms with E-state index in [2.05, 4.69) is 31.9 Å². The molecule has 1 aromatic heterocycles. The Morgan fingerprint density at radius 1 is 1.21 bits per heavy atom. The van der Waals surface area contributed by atoms with Gasteiger partial charge < -0.3 is 9.67 Å². The first-order chi connectivity index (χ1) is 13.3. The minimum atomic E-state index is 0.223. The van der Waals surface area contributed by atoms with Crippen LogP contribution >= 0.6 is 0 Å². The SMILES string of the molecule is C=C1CCC[C@H]2[C@](C)(Cc3cc(O)cc4nc5n(c34)CCC5)[C@@H](C)CC[C@]12C. The van der Waals surface area contributed by atoms with Crippen LogP contribution < -0.4 is 0 Å². The first-order valence-electron chi connectivity index (χ1n) is 11.2. The predicted molar refractivity (Wildman–Crippen MR) is 115 cm³/mol. The number of phenols is 1. The highest BCUT2D eigenvalue weighted by Gasteiger charge is 2.54. The molecule has 5 rings (SSSR count). The van der Waals surface area contributed by atoms with Crippen molar-refractivity contribution in [2.45, 2.75) is 78.7 Å². The molecule has 0 saturated heterocycles. The molecule has 150 valence electrons. The maximum absolute atomic E-state index is 10.4. The number of rotatable bonds is 2. The maximum atomic E-state index is 10.4. The standard InChI is InChI=1S/C25H34N2O/c1-16-7-5-8-21-24(16,3)11-10-17(2)25(21,4)15-18-13-19(28)14-20-23(18)27-12-6-9-22(27)26-20/h13-14,17,21,28H,1,5-12,15H2,2-4H3/t17-,21+,24+,25+/m0/s1. The molecule has 0 bridgehead atoms. The van der Waals surface area contributed by atoms with Gasteiger partial charge in [0, 0.05) is 19.0 Å². The number of hydrogen-bond acceptors (Lipinski definition) is 2. The lowest BCUT2D eigenvalue weighted by atomic mass is 9.46. The topological polar surface area (TPSA) is 38.1 Å². The minimum Gasteiger partial charge on any atom is -0.508 e. The van der Waals surface area contributed by atoms with Gasteiger partial charge in [-0.2, -0.15) is 0 Å². The molecule has 28 heavy (non-hydrogen) atoms. The molecule has 2 fully saturated rings. The molecule has 3 aliphatic rings. The average molecular weight is 379 g/mol. The number of hydrogen-bond donors (Lipinski definition) is 1. The van der Waals surface area contributed by atoms with Crippen molar-refractivity contribution in [2.24, 2.45) is 22.7 Å². The van der Waals surface area contributed by atoms with E-state index in [4.69, 9.17) is 4.98 Å². The van der Waals surface area contributed by atoms with Crippen molar-refractivity contribution in [3.05, 3.63) is 35.7 Å². The van der Waals surface area contributed by atoms with Crippen molar-refractivity contribution in [1.29, 1.82) is 0 Å². The molecule has 3 heteroatoms. The molecule has 1 N–H and O–H groups in total. The van der Waals surface area contributed by atoms with Gasteiger partial charge in [0.15, 0.2) is 0 Å². The van der Waals surface area contributed by atoms with E-state index >= 15 is 0 Å². The molecule has 1 aliphatic heterocycles. The van der Waals surface area contributed by atoms with Gasteiger partial charge >= 0.3 is 0 Å². The molecule has 2 saturated carbocycles. The first-order valence-corrected chi connectivity index (χ1v) is 11.2. The molecular weight excluding hydrogens is 344 g/mol. The fourth-order valence-electron chi connectivity index (χ4n) is 7.02. The molecule has 0 spiro atoms. The van der Waals surface area contributed by atoms with Crippen molar-refractivity contribution < 1.29 is 5.11 Å². The highest BCUT2D eigenvalue weighted by molar-refractivity contribution is 5.82. The van der Waals surface area contributed by atoms with Gasteiger partial charge in [0.05, 0.1) is 11.0 Å². The Morgan fingerprint density at radius 3 is 2.86 bits per heavy atom. The second-order valence-corrected chi connectivity index (χ2v) is 10.3. The van der Waals surface area contributed by atoms with Gasteiger partial charge in [-0.3, -0.25) is 0 Å². The van der Waals surface area contributed by atoms with Crippen LogP contribution in [0.4, 0.5) is 0 Å². The summed E-state index contributed by atoms with van der Waals surface area (Å²) in [5.41, 5.74) is 5.53. The van der Waals surface area contributed by atoms with Gasteiger partial charge in [-0.25, -0.2) is 4.98 Å². The van der Waals surface area contributed by atoms with E-state index in [-0.39, 0.29) is 10.8 Å². The Labute approximate surface area is 168 Å². The predicted octanol–water partition coefficient (Wildman–Crippen LogP) is 6.03. The Morgan fingerprint density at radius 2 is 2.04 bits per heavy atom. The fourth-order valence-corrected chi connectivity index (χ4v) is 7.02. The highest BCUT2D eigenvalue weighted by atomic mass is 16.3. The summed E-state index contributed by atoms with van der Waals surface area (Å²) < 4.78 is 2.42. The first kappa shape index (κ1) is 18.3. The van der Waals surface area contributed by atoms with Crippen molar-refractivity contribution in [2.75, 3.05) is 0 Å². The normalized spacial score (nSPS) is 35.2. The number of imidazole rings is 1. The molecule has 0 amide bonds. The smallest absolute Gasteiger partial charge is 0.118 e. The van der Waals surface area contributed by atoms with Crippen LogP contribution in [0.2, 0.25) is 0 Å². The van der Waals surface area contributed by atoms with Gasteiger partial charge in [-0.1, -0.05) is 32.9 Å². The largest absolute Gasteiger partial charge is 0.508 e. The second-order valence-electron chi connectivity index (χ2n) is 10.3. The number of phenolic OH excluding ortho intramolecular Hbond substituents is 1. The molecule has 2 aliphatic carbocycles. The van der Waals surface area contributed by atoms with Gasteiger partial charge in [0.1, 0.15) is 11.6 Å². The zero-order valence-electron chi connectivity index (χ0n) is 17.7. The van der Waals surface area contributed by atoms with E-state index in [9.17, 15) is 5.11 Å². The Hall–Kier alpha value is -1.77. The molecular formula is C25H34N2O. The van der Waals surface area contributed by atoms with E-state index in [0.717, 1.165) is 24.9 Å². The van der Waals surface area contributed by atoms with Gasteiger partial charge in [-0.15, -0.1) is 0 Å². The lowest BCUT2D eigenvalue weighted by Gasteiger charge is -2.59. The molecule has 2 heterocycles. The summed E-state index contributed by atoms with van der Waals surface area (Å²) in [6.45, 7) is 13.0. The molecule has 0 radical (unpaired) electrons. The van der Waals surface area contributed by atoms with Gasteiger partial charge in [0.25, 0.3) is 0 Å². The van der Waals surface area contributed by atoms with Crippen molar-refractivity contribution in [3.63, 3.8) is 0 Å². The van der Waals surface area contributed by atoms with Crippen LogP contribution in [0.25, 0.3) is 11.0 Å². The van der Waals surface area contributed by atoms with Gasteiger partial charge in [-0.05, 0) is 79.2 Å². The third-order valence-corrected chi connectivity index (χ3v) is 8.90. The Bertz CT molecular complexity index is 957. The minimum absolute atomic E-state index is 0.223. The number of aromatic nitrogens is 2. The lowest BCUT2D eigenvalue weighted by molar-refractivity contribution is -0.0487. The summed E-state index contributed by atoms with van der Waals surface area (Å²) in [5, 5.41) is 10.4. The number of aromatic hydroxyl groups is 1.